The van der Waals surface area contributed by atoms with Crippen molar-refractivity contribution in [3.63, 3.8) is 0 Å². The highest BCUT2D eigenvalue weighted by atomic mass is 19.1. The highest BCUT2D eigenvalue weighted by Gasteiger charge is 2.29. The second-order valence-corrected chi connectivity index (χ2v) is 23.2. The molecule has 0 aliphatic heterocycles. The number of nitrogens with zero attached hydrogens (tertiary/aromatic N) is 1. The molecule has 498 valence electrons. The third-order valence-corrected chi connectivity index (χ3v) is 17.4. The lowest BCUT2D eigenvalue weighted by molar-refractivity contribution is 0.0954. The smallest absolute Gasteiger partial charge is 0.200 e. The molecule has 0 radical (unpaired) electrons. The molecule has 0 bridgehead atoms. The number of phenolic OH excluding ortho intramolecular Hbond substituents is 3. The highest BCUT2D eigenvalue weighted by molar-refractivity contribution is 6.09. The van der Waals surface area contributed by atoms with Crippen molar-refractivity contribution < 1.29 is 80.1 Å². The molecule has 3 aromatic heterocycles. The molecule has 3 heterocycles. The zero-order valence-corrected chi connectivity index (χ0v) is 55.2. The fourth-order valence-corrected chi connectivity index (χ4v) is 12.4. The molecule has 15 nitrogen and oxygen atoms in total. The number of benzene rings is 6. The molecule has 6 aromatic carbocycles. The fourth-order valence-electron chi connectivity index (χ4n) is 12.4. The Bertz CT molecular complexity index is 4440. The number of aromatic nitrogens is 1. The monoisotopic (exact) mass is 1320 g/mol. The first-order chi connectivity index (χ1) is 46.7. The Balaban J connectivity index is 0.000000158. The number of fused-ring (bicyclic) bond motifs is 3. The van der Waals surface area contributed by atoms with Gasteiger partial charge in [-0.05, 0) is 256 Å². The van der Waals surface area contributed by atoms with E-state index < -0.39 is 0 Å². The largest absolute Gasteiger partial charge is 0.502 e. The Morgan fingerprint density at radius 2 is 0.794 bits per heavy atom. The first-order valence-electron chi connectivity index (χ1n) is 31.0. The van der Waals surface area contributed by atoms with Gasteiger partial charge in [-0.1, -0.05) is 18.2 Å². The van der Waals surface area contributed by atoms with Crippen LogP contribution in [0.25, 0.3) is 51.7 Å². The van der Waals surface area contributed by atoms with Crippen LogP contribution in [0.1, 0.15) is 141 Å². The Labute approximate surface area is 559 Å². The second-order valence-electron chi connectivity index (χ2n) is 23.2. The maximum atomic E-state index is 14.2. The summed E-state index contributed by atoms with van der Waals surface area (Å²) in [6.45, 7) is 5.92. The predicted molar refractivity (Wildman–Crippen MR) is 368 cm³/mol. The molecule has 0 atom stereocenters. The summed E-state index contributed by atoms with van der Waals surface area (Å²) in [5.74, 6) is 0.826. The maximum absolute atomic E-state index is 14.2. The van der Waals surface area contributed by atoms with Gasteiger partial charge < -0.3 is 57.1 Å². The number of Topliss-reactive ketones (excluding diaryl/α,β-unsaturated/α-hetero) is 3. The molecule has 3 aliphatic carbocycles. The van der Waals surface area contributed by atoms with Crippen LogP contribution >= 0.6 is 0 Å². The number of aryl methyl sites for hydroxylation is 1. The summed E-state index contributed by atoms with van der Waals surface area (Å²) in [5.41, 5.74) is 17.0. The van der Waals surface area contributed by atoms with E-state index >= 15 is 0 Å². The van der Waals surface area contributed by atoms with Crippen LogP contribution < -0.4 is 28.4 Å². The standard InChI is InChI=1S/C27H26FNO4.2C26H23FO5/c1-16-20(7-8-24(30)18-9-10-29(2)15-18)23-14-19(28)5-6-21(23)22(16)11-17-12-25(32-3)27(31)26(13-17)33-4;1-15-19(6-7-23(28)17-8-9-32-14-17)22-13-18(27)4-5-20(22)21(15)10-16-11-24(30-2)26(29)25(12-16)31-3;1-15-18(8-9-22(28)23-5-4-10-32-23)21-14-17(27)6-7-19(21)20(15)11-16-12-24(30-2)26(29)25(13-16)31-3/h5-6,9-15,31H,7-8H2,1-4H3;4-5,8-14,29H,6-7H2,1-3H3;4-7,10-14,29H,8-9H2,1-3H3/b22-11-;21-10-;20-11-. The molecule has 97 heavy (non-hydrogen) atoms. The van der Waals surface area contributed by atoms with Crippen molar-refractivity contribution in [2.45, 2.75) is 59.3 Å². The fraction of sp³-hybridized carbons (Fsp3) is 0.203. The van der Waals surface area contributed by atoms with E-state index in [4.69, 9.17) is 37.3 Å². The molecule has 12 rings (SSSR count). The van der Waals surface area contributed by atoms with Crippen LogP contribution in [0.15, 0.2) is 172 Å². The quantitative estimate of drug-likeness (QED) is 0.0574. The van der Waals surface area contributed by atoms with E-state index in [-0.39, 0.29) is 64.9 Å². The SMILES string of the molecule is COc1cc(/C=C2/C(C)=C(CCC(=O)c3ccco3)c3cc(F)ccc32)cc(OC)c1O.COc1cc(/C=C2/C(C)=C(CCC(=O)c3ccn(C)c3)c3cc(F)ccc32)cc(OC)c1O.COc1cc(/C=C2/C(C)=C(CCC(=O)c3ccoc3)c3cc(F)ccc32)cc(OC)c1O. The van der Waals surface area contributed by atoms with Gasteiger partial charge in [0.15, 0.2) is 57.6 Å². The van der Waals surface area contributed by atoms with E-state index in [2.05, 4.69) is 0 Å². The number of carbonyl (C=O) groups excluding carboxylic acids is 3. The molecule has 0 saturated heterocycles. The number of hydrogen-bond acceptors (Lipinski definition) is 14. The lowest BCUT2D eigenvalue weighted by atomic mass is 9.98. The molecule has 0 saturated carbocycles. The van der Waals surface area contributed by atoms with Gasteiger partial charge in [0.2, 0.25) is 17.2 Å². The number of ketones is 3. The van der Waals surface area contributed by atoms with Crippen molar-refractivity contribution >= 4 is 69.0 Å². The van der Waals surface area contributed by atoms with E-state index in [1.165, 1.54) is 97.8 Å². The number of carbonyl (C=O) groups is 3. The van der Waals surface area contributed by atoms with Gasteiger partial charge in [-0.3, -0.25) is 14.4 Å². The molecule has 0 fully saturated rings. The summed E-state index contributed by atoms with van der Waals surface area (Å²) in [6, 6.07) is 31.1. The molecule has 0 unspecified atom stereocenters. The molecule has 18 heteroatoms. The van der Waals surface area contributed by atoms with Gasteiger partial charge in [0.05, 0.1) is 60.7 Å². The molecule has 3 aliphatic rings. The Morgan fingerprint density at radius 1 is 0.443 bits per heavy atom. The lowest BCUT2D eigenvalue weighted by Crippen LogP contribution is -1.98. The first-order valence-corrected chi connectivity index (χ1v) is 31.0. The zero-order chi connectivity index (χ0) is 69.4. The van der Waals surface area contributed by atoms with Gasteiger partial charge in [0, 0.05) is 44.3 Å². The number of halogens is 3. The molecule has 0 amide bonds. The Kier molecular flexibility index (Phi) is 21.1. The van der Waals surface area contributed by atoms with Crippen molar-refractivity contribution in [2.24, 2.45) is 7.05 Å². The van der Waals surface area contributed by atoms with Crippen LogP contribution in [0.4, 0.5) is 13.2 Å². The van der Waals surface area contributed by atoms with Gasteiger partial charge in [-0.15, -0.1) is 0 Å². The zero-order valence-electron chi connectivity index (χ0n) is 55.2. The number of ether oxygens (including phenoxy) is 6. The number of rotatable bonds is 21. The van der Waals surface area contributed by atoms with E-state index in [1.54, 1.807) is 72.8 Å². The molecule has 9 aromatic rings. The molecule has 3 N–H and O–H groups in total. The normalized spacial score (nSPS) is 14.1. The number of hydrogen-bond donors (Lipinski definition) is 3. The number of phenols is 3. The highest BCUT2D eigenvalue weighted by Crippen LogP contribution is 2.50. The average molecular weight is 1320 g/mol. The summed E-state index contributed by atoms with van der Waals surface area (Å²) in [4.78, 5) is 37.6. The summed E-state index contributed by atoms with van der Waals surface area (Å²) in [6.07, 6.45) is 16.2. The van der Waals surface area contributed by atoms with Crippen molar-refractivity contribution in [3.05, 3.63) is 248 Å². The van der Waals surface area contributed by atoms with E-state index in [9.17, 15) is 42.9 Å². The third kappa shape index (κ3) is 14.8. The van der Waals surface area contributed by atoms with Gasteiger partial charge in [0.25, 0.3) is 0 Å². The average Bonchev–Trinajstić information content (AvgIpc) is 1.63. The third-order valence-electron chi connectivity index (χ3n) is 17.4. The first kappa shape index (κ1) is 68.5. The summed E-state index contributed by atoms with van der Waals surface area (Å²) in [7, 11) is 10.7. The van der Waals surface area contributed by atoms with Crippen molar-refractivity contribution in [1.29, 1.82) is 0 Å². The van der Waals surface area contributed by atoms with Gasteiger partial charge >= 0.3 is 0 Å². The minimum atomic E-state index is -0.333. The van der Waals surface area contributed by atoms with Crippen molar-refractivity contribution in [2.75, 3.05) is 42.7 Å². The van der Waals surface area contributed by atoms with Gasteiger partial charge in [-0.2, -0.15) is 0 Å². The van der Waals surface area contributed by atoms with E-state index in [0.29, 0.717) is 77.1 Å². The summed E-state index contributed by atoms with van der Waals surface area (Å²) < 4.78 is 86.0. The van der Waals surface area contributed by atoms with Crippen LogP contribution in [0, 0.1) is 17.5 Å². The van der Waals surface area contributed by atoms with Crippen molar-refractivity contribution in [3.8, 4) is 51.7 Å². The van der Waals surface area contributed by atoms with Crippen molar-refractivity contribution in [1.82, 2.24) is 4.57 Å². The molecule has 0 spiro atoms. The van der Waals surface area contributed by atoms with Crippen LogP contribution in [0.3, 0.4) is 0 Å². The van der Waals surface area contributed by atoms with Crippen LogP contribution in [-0.4, -0.2) is 79.9 Å². The Morgan fingerprint density at radius 3 is 1.09 bits per heavy atom. The number of furan rings is 2. The number of aromatic hydroxyl groups is 3. The van der Waals surface area contributed by atoms with E-state index in [0.717, 1.165) is 100 Å². The predicted octanol–water partition coefficient (Wildman–Crippen LogP) is 18.1. The van der Waals surface area contributed by atoms with E-state index in [1.807, 2.05) is 69.1 Å². The van der Waals surface area contributed by atoms with Crippen LogP contribution in [0.2, 0.25) is 0 Å². The van der Waals surface area contributed by atoms with Crippen LogP contribution in [0.5, 0.6) is 51.7 Å². The topological polar surface area (TPSA) is 198 Å². The Hall–Kier alpha value is -11.4. The number of allylic oxidation sites excluding steroid dienone is 9. The lowest BCUT2D eigenvalue weighted by Gasteiger charge is -2.11. The van der Waals surface area contributed by atoms with Gasteiger partial charge in [0.1, 0.15) is 23.7 Å². The minimum absolute atomic E-state index is 0.0255. The molecular formula is C79H72F3NO14. The summed E-state index contributed by atoms with van der Waals surface area (Å²) >= 11 is 0. The second kappa shape index (κ2) is 29.9. The minimum Gasteiger partial charge on any atom is -0.502 e. The number of methoxy groups -OCH3 is 6. The maximum Gasteiger partial charge on any atom is 0.200 e. The summed E-state index contributed by atoms with van der Waals surface area (Å²) in [5, 5.41) is 30.6. The molecular weight excluding hydrogens is 1240 g/mol. The van der Waals surface area contributed by atoms with Gasteiger partial charge in [-0.25, -0.2) is 13.2 Å². The van der Waals surface area contributed by atoms with Crippen LogP contribution in [-0.2, 0) is 7.05 Å².